The Morgan fingerprint density at radius 2 is 1.42 bits per heavy atom. The number of hydrogen-bond acceptors (Lipinski definition) is 5. The van der Waals surface area contributed by atoms with Crippen LogP contribution >= 0.6 is 0 Å². The van der Waals surface area contributed by atoms with E-state index in [-0.39, 0.29) is 18.9 Å². The first-order valence-corrected chi connectivity index (χ1v) is 16.0. The van der Waals surface area contributed by atoms with Crippen LogP contribution in [0.15, 0.2) is 109 Å². The van der Waals surface area contributed by atoms with Gasteiger partial charge in [-0.25, -0.2) is 8.42 Å². The monoisotopic (exact) mass is 599 g/mol. The van der Waals surface area contributed by atoms with Crippen LogP contribution < -0.4 is 14.4 Å². The van der Waals surface area contributed by atoms with Crippen LogP contribution in [0.25, 0.3) is 0 Å². The van der Waals surface area contributed by atoms with Crippen molar-refractivity contribution in [1.82, 2.24) is 10.2 Å². The van der Waals surface area contributed by atoms with E-state index in [9.17, 15) is 18.0 Å². The Morgan fingerprint density at radius 1 is 0.814 bits per heavy atom. The summed E-state index contributed by atoms with van der Waals surface area (Å²) in [6.45, 7) is 3.83. The van der Waals surface area contributed by atoms with Gasteiger partial charge >= 0.3 is 0 Å². The predicted octanol–water partition coefficient (Wildman–Crippen LogP) is 5.33. The van der Waals surface area contributed by atoms with Crippen LogP contribution in [0.5, 0.6) is 11.5 Å². The number of benzene rings is 4. The molecule has 8 nitrogen and oxygen atoms in total. The molecule has 0 aromatic heterocycles. The standard InChI is InChI=1S/C34H37N3O5S/c1-4-35-34(39)32(23-27-13-7-5-8-14-27)36(24-28-15-11-12-26(2)22-28)33(38)25-37(43(3,40)41)29-18-20-31(21-19-29)42-30-16-9-6-10-17-30/h5-22,32H,4,23-25H2,1-3H3,(H,35,39). The van der Waals surface area contributed by atoms with Crippen molar-refractivity contribution in [2.24, 2.45) is 0 Å². The lowest BCUT2D eigenvalue weighted by Crippen LogP contribution is -2.53. The van der Waals surface area contributed by atoms with Crippen molar-refractivity contribution in [2.75, 3.05) is 23.7 Å². The molecule has 0 bridgehead atoms. The summed E-state index contributed by atoms with van der Waals surface area (Å²) in [6, 6.07) is 32.0. The molecule has 0 aliphatic rings. The van der Waals surface area contributed by atoms with Crippen LogP contribution in [0.4, 0.5) is 5.69 Å². The van der Waals surface area contributed by atoms with Crippen LogP contribution in [-0.4, -0.2) is 50.5 Å². The van der Waals surface area contributed by atoms with Crippen LogP contribution in [0.1, 0.15) is 23.6 Å². The maximum Gasteiger partial charge on any atom is 0.244 e. The average Bonchev–Trinajstić information content (AvgIpc) is 2.99. The van der Waals surface area contributed by atoms with E-state index < -0.39 is 28.5 Å². The molecular weight excluding hydrogens is 562 g/mol. The average molecular weight is 600 g/mol. The number of ether oxygens (including phenoxy) is 1. The number of nitrogens with zero attached hydrogens (tertiary/aromatic N) is 2. The van der Waals surface area contributed by atoms with Gasteiger partial charge < -0.3 is 15.0 Å². The van der Waals surface area contributed by atoms with Crippen molar-refractivity contribution in [3.8, 4) is 11.5 Å². The summed E-state index contributed by atoms with van der Waals surface area (Å²) in [5.74, 6) is 0.367. The van der Waals surface area contributed by atoms with E-state index in [2.05, 4.69) is 5.32 Å². The molecule has 0 saturated carbocycles. The summed E-state index contributed by atoms with van der Waals surface area (Å²) in [6.07, 6.45) is 1.33. The summed E-state index contributed by atoms with van der Waals surface area (Å²) in [5.41, 5.74) is 3.04. The number of para-hydroxylation sites is 1. The number of amides is 2. The Morgan fingerprint density at radius 3 is 2.02 bits per heavy atom. The summed E-state index contributed by atoms with van der Waals surface area (Å²) in [7, 11) is -3.87. The van der Waals surface area contributed by atoms with Crippen molar-refractivity contribution in [1.29, 1.82) is 0 Å². The van der Waals surface area contributed by atoms with Crippen LogP contribution in [0.3, 0.4) is 0 Å². The van der Waals surface area contributed by atoms with Crippen molar-refractivity contribution in [2.45, 2.75) is 32.9 Å². The van der Waals surface area contributed by atoms with E-state index in [1.807, 2.05) is 98.8 Å². The highest BCUT2D eigenvalue weighted by molar-refractivity contribution is 7.92. The lowest BCUT2D eigenvalue weighted by Gasteiger charge is -2.33. The fraction of sp³-hybridized carbons (Fsp3) is 0.235. The Bertz CT molecular complexity index is 1610. The van der Waals surface area contributed by atoms with Gasteiger partial charge in [0.05, 0.1) is 11.9 Å². The van der Waals surface area contributed by atoms with Crippen molar-refractivity contribution in [3.63, 3.8) is 0 Å². The van der Waals surface area contributed by atoms with Gasteiger partial charge in [-0.15, -0.1) is 0 Å². The fourth-order valence-corrected chi connectivity index (χ4v) is 5.62. The van der Waals surface area contributed by atoms with Gasteiger partial charge in [-0.05, 0) is 61.4 Å². The first-order chi connectivity index (χ1) is 20.6. The van der Waals surface area contributed by atoms with E-state index in [1.165, 1.54) is 4.90 Å². The maximum absolute atomic E-state index is 14.1. The number of rotatable bonds is 13. The third-order valence-electron chi connectivity index (χ3n) is 6.84. The summed E-state index contributed by atoms with van der Waals surface area (Å²) < 4.78 is 32.9. The topological polar surface area (TPSA) is 96.0 Å². The zero-order valence-electron chi connectivity index (χ0n) is 24.6. The van der Waals surface area contributed by atoms with Gasteiger partial charge in [0.25, 0.3) is 0 Å². The molecule has 2 amide bonds. The SMILES string of the molecule is CCNC(=O)C(Cc1ccccc1)N(Cc1cccc(C)c1)C(=O)CN(c1ccc(Oc2ccccc2)cc1)S(C)(=O)=O. The minimum atomic E-state index is -3.87. The lowest BCUT2D eigenvalue weighted by atomic mass is 10.0. The van der Waals surface area contributed by atoms with Crippen LogP contribution in [0, 0.1) is 6.92 Å². The minimum Gasteiger partial charge on any atom is -0.457 e. The lowest BCUT2D eigenvalue weighted by molar-refractivity contribution is -0.140. The molecule has 4 aromatic rings. The van der Waals surface area contributed by atoms with Gasteiger partial charge in [-0.1, -0.05) is 78.4 Å². The Hall–Kier alpha value is -4.63. The highest BCUT2D eigenvalue weighted by Gasteiger charge is 2.32. The first-order valence-electron chi connectivity index (χ1n) is 14.1. The number of anilines is 1. The van der Waals surface area contributed by atoms with Crippen molar-refractivity contribution >= 4 is 27.5 Å². The summed E-state index contributed by atoms with van der Waals surface area (Å²) >= 11 is 0. The van der Waals surface area contributed by atoms with Gasteiger partial charge in [0.15, 0.2) is 0 Å². The zero-order valence-corrected chi connectivity index (χ0v) is 25.5. The quantitative estimate of drug-likeness (QED) is 0.224. The maximum atomic E-state index is 14.1. The molecule has 1 unspecified atom stereocenters. The second-order valence-corrected chi connectivity index (χ2v) is 12.2. The Labute approximate surface area is 254 Å². The molecule has 1 atom stereocenters. The third kappa shape index (κ3) is 8.93. The number of sulfonamides is 1. The van der Waals surface area contributed by atoms with Crippen molar-refractivity contribution in [3.05, 3.63) is 126 Å². The summed E-state index contributed by atoms with van der Waals surface area (Å²) in [5, 5.41) is 2.86. The molecule has 9 heteroatoms. The molecule has 0 aliphatic heterocycles. The number of carbonyl (C=O) groups excluding carboxylic acids is 2. The van der Waals surface area contributed by atoms with Gasteiger partial charge in [-0.2, -0.15) is 0 Å². The van der Waals surface area contributed by atoms with E-state index in [0.717, 1.165) is 27.3 Å². The molecular formula is C34H37N3O5S. The molecule has 1 N–H and O–H groups in total. The van der Waals surface area contributed by atoms with E-state index in [4.69, 9.17) is 4.74 Å². The molecule has 4 aromatic carbocycles. The van der Waals surface area contributed by atoms with Gasteiger partial charge in [-0.3, -0.25) is 13.9 Å². The highest BCUT2D eigenvalue weighted by Crippen LogP contribution is 2.26. The van der Waals surface area contributed by atoms with Crippen molar-refractivity contribution < 1.29 is 22.7 Å². The molecule has 0 heterocycles. The number of likely N-dealkylation sites (N-methyl/N-ethyl adjacent to an activating group) is 1. The largest absolute Gasteiger partial charge is 0.457 e. The molecule has 0 fully saturated rings. The van der Waals surface area contributed by atoms with Crippen LogP contribution in [0.2, 0.25) is 0 Å². The third-order valence-corrected chi connectivity index (χ3v) is 7.98. The molecule has 0 radical (unpaired) electrons. The normalized spacial score (nSPS) is 11.8. The predicted molar refractivity (Wildman–Crippen MR) is 169 cm³/mol. The second-order valence-electron chi connectivity index (χ2n) is 10.3. The van der Waals surface area contributed by atoms with Gasteiger partial charge in [0, 0.05) is 19.5 Å². The first kappa shape index (κ1) is 31.3. The summed E-state index contributed by atoms with van der Waals surface area (Å²) in [4.78, 5) is 29.1. The molecule has 0 spiro atoms. The van der Waals surface area contributed by atoms with Gasteiger partial charge in [0.2, 0.25) is 21.8 Å². The molecule has 0 saturated heterocycles. The number of aryl methyl sites for hydroxylation is 1. The number of hydrogen-bond donors (Lipinski definition) is 1. The highest BCUT2D eigenvalue weighted by atomic mass is 32.2. The smallest absolute Gasteiger partial charge is 0.244 e. The molecule has 0 aliphatic carbocycles. The minimum absolute atomic E-state index is 0.136. The number of carbonyl (C=O) groups is 2. The van der Waals surface area contributed by atoms with E-state index in [0.29, 0.717) is 23.7 Å². The second kappa shape index (κ2) is 14.5. The van der Waals surface area contributed by atoms with E-state index >= 15 is 0 Å². The Kier molecular flexibility index (Phi) is 10.6. The van der Waals surface area contributed by atoms with E-state index in [1.54, 1.807) is 24.3 Å². The fourth-order valence-electron chi connectivity index (χ4n) is 4.77. The van der Waals surface area contributed by atoms with Crippen LogP contribution in [-0.2, 0) is 32.6 Å². The molecule has 4 rings (SSSR count). The molecule has 43 heavy (non-hydrogen) atoms. The van der Waals surface area contributed by atoms with Gasteiger partial charge in [0.1, 0.15) is 24.1 Å². The zero-order chi connectivity index (χ0) is 30.8. The number of nitrogens with one attached hydrogen (secondary N) is 1. The molecule has 224 valence electrons. The Balaban J connectivity index is 1.66.